The molecule has 2 amide bonds. The standard InChI is InChI=1S/C18H23N3O2/c22-17(14-15-4-1-2-5-15)20-10-3-11-21(13-12-20)18(23)16-6-8-19-9-7-16/h1,4,6-9,15H,2-3,5,10-14H2. The molecule has 122 valence electrons. The van der Waals surface area contributed by atoms with Gasteiger partial charge in [-0.25, -0.2) is 0 Å². The van der Waals surface area contributed by atoms with E-state index < -0.39 is 0 Å². The summed E-state index contributed by atoms with van der Waals surface area (Å²) < 4.78 is 0. The van der Waals surface area contributed by atoms with Crippen LogP contribution in [-0.2, 0) is 4.79 Å². The van der Waals surface area contributed by atoms with Crippen molar-refractivity contribution in [2.75, 3.05) is 26.2 Å². The molecule has 0 bridgehead atoms. The van der Waals surface area contributed by atoms with Gasteiger partial charge in [-0.05, 0) is 37.3 Å². The quantitative estimate of drug-likeness (QED) is 0.803. The second-order valence-corrected chi connectivity index (χ2v) is 6.23. The Bertz CT molecular complexity index is 585. The van der Waals surface area contributed by atoms with E-state index in [1.807, 2.05) is 9.80 Å². The molecule has 1 unspecified atom stereocenters. The van der Waals surface area contributed by atoms with E-state index in [-0.39, 0.29) is 11.8 Å². The fourth-order valence-corrected chi connectivity index (χ4v) is 3.27. The normalized spacial score (nSPS) is 21.3. The molecule has 1 aliphatic carbocycles. The van der Waals surface area contributed by atoms with Crippen molar-refractivity contribution in [2.24, 2.45) is 5.92 Å². The highest BCUT2D eigenvalue weighted by molar-refractivity contribution is 5.94. The fourth-order valence-electron chi connectivity index (χ4n) is 3.27. The van der Waals surface area contributed by atoms with E-state index in [1.54, 1.807) is 24.5 Å². The molecule has 1 atom stereocenters. The van der Waals surface area contributed by atoms with Crippen molar-refractivity contribution >= 4 is 11.8 Å². The van der Waals surface area contributed by atoms with Crippen molar-refractivity contribution in [3.63, 3.8) is 0 Å². The molecule has 0 spiro atoms. The number of rotatable bonds is 3. The molecule has 1 aliphatic heterocycles. The average molecular weight is 313 g/mol. The van der Waals surface area contributed by atoms with Gasteiger partial charge in [-0.1, -0.05) is 12.2 Å². The maximum atomic E-state index is 12.5. The van der Waals surface area contributed by atoms with Gasteiger partial charge in [0.15, 0.2) is 0 Å². The number of aromatic nitrogens is 1. The zero-order valence-corrected chi connectivity index (χ0v) is 13.4. The Morgan fingerprint density at radius 3 is 2.57 bits per heavy atom. The van der Waals surface area contributed by atoms with Gasteiger partial charge < -0.3 is 9.80 Å². The highest BCUT2D eigenvalue weighted by Crippen LogP contribution is 2.21. The molecule has 5 heteroatoms. The second-order valence-electron chi connectivity index (χ2n) is 6.23. The molecule has 0 N–H and O–H groups in total. The van der Waals surface area contributed by atoms with Crippen molar-refractivity contribution in [2.45, 2.75) is 25.7 Å². The lowest BCUT2D eigenvalue weighted by Gasteiger charge is -2.23. The second kappa shape index (κ2) is 7.40. The van der Waals surface area contributed by atoms with Gasteiger partial charge >= 0.3 is 0 Å². The molecule has 23 heavy (non-hydrogen) atoms. The maximum absolute atomic E-state index is 12.5. The monoisotopic (exact) mass is 313 g/mol. The average Bonchev–Trinajstić information content (AvgIpc) is 2.96. The number of carbonyl (C=O) groups excluding carboxylic acids is 2. The van der Waals surface area contributed by atoms with Crippen LogP contribution in [0.25, 0.3) is 0 Å². The minimum atomic E-state index is 0.0282. The molecular weight excluding hydrogens is 290 g/mol. The summed E-state index contributed by atoms with van der Waals surface area (Å²) in [5.41, 5.74) is 0.663. The van der Waals surface area contributed by atoms with E-state index in [0.717, 1.165) is 25.8 Å². The van der Waals surface area contributed by atoms with Crippen LogP contribution in [0.5, 0.6) is 0 Å². The first kappa shape index (κ1) is 15.7. The highest BCUT2D eigenvalue weighted by Gasteiger charge is 2.24. The van der Waals surface area contributed by atoms with E-state index in [1.165, 1.54) is 0 Å². The van der Waals surface area contributed by atoms with Crippen LogP contribution in [0.2, 0.25) is 0 Å². The summed E-state index contributed by atoms with van der Waals surface area (Å²) in [6, 6.07) is 3.48. The highest BCUT2D eigenvalue weighted by atomic mass is 16.2. The lowest BCUT2D eigenvalue weighted by molar-refractivity contribution is -0.131. The predicted molar refractivity (Wildman–Crippen MR) is 87.8 cm³/mol. The number of carbonyl (C=O) groups is 2. The van der Waals surface area contributed by atoms with Crippen LogP contribution < -0.4 is 0 Å². The van der Waals surface area contributed by atoms with Gasteiger partial charge in [0.2, 0.25) is 5.91 Å². The summed E-state index contributed by atoms with van der Waals surface area (Å²) in [6.45, 7) is 2.68. The maximum Gasteiger partial charge on any atom is 0.254 e. The third-order valence-corrected chi connectivity index (χ3v) is 4.61. The summed E-state index contributed by atoms with van der Waals surface area (Å²) in [7, 11) is 0. The van der Waals surface area contributed by atoms with Gasteiger partial charge in [-0.3, -0.25) is 14.6 Å². The molecule has 3 rings (SSSR count). The molecule has 0 aromatic carbocycles. The first-order chi connectivity index (χ1) is 11.2. The van der Waals surface area contributed by atoms with Gasteiger partial charge in [-0.15, -0.1) is 0 Å². The molecule has 2 heterocycles. The van der Waals surface area contributed by atoms with E-state index >= 15 is 0 Å². The van der Waals surface area contributed by atoms with Gasteiger partial charge in [0.25, 0.3) is 5.91 Å². The zero-order chi connectivity index (χ0) is 16.1. The minimum absolute atomic E-state index is 0.0282. The van der Waals surface area contributed by atoms with Crippen LogP contribution in [0.3, 0.4) is 0 Å². The Hall–Kier alpha value is -2.17. The molecule has 1 aromatic heterocycles. The molecule has 1 fully saturated rings. The van der Waals surface area contributed by atoms with Crippen molar-refractivity contribution in [1.82, 2.24) is 14.8 Å². The van der Waals surface area contributed by atoms with E-state index in [4.69, 9.17) is 0 Å². The lowest BCUT2D eigenvalue weighted by Crippen LogP contribution is -2.37. The zero-order valence-electron chi connectivity index (χ0n) is 13.4. The van der Waals surface area contributed by atoms with E-state index in [0.29, 0.717) is 37.5 Å². The predicted octanol–water partition coefficient (Wildman–Crippen LogP) is 2.11. The SMILES string of the molecule is O=C(CC1C=CCC1)N1CCCN(C(=O)c2ccncc2)CC1. The summed E-state index contributed by atoms with van der Waals surface area (Å²) in [5.74, 6) is 0.653. The fraction of sp³-hybridized carbons (Fsp3) is 0.500. The number of amides is 2. The van der Waals surface area contributed by atoms with Crippen LogP contribution in [0, 0.1) is 5.92 Å². The minimum Gasteiger partial charge on any atom is -0.341 e. The van der Waals surface area contributed by atoms with Crippen molar-refractivity contribution < 1.29 is 9.59 Å². The van der Waals surface area contributed by atoms with Crippen LogP contribution in [0.4, 0.5) is 0 Å². The van der Waals surface area contributed by atoms with Crippen LogP contribution in [-0.4, -0.2) is 52.8 Å². The third kappa shape index (κ3) is 3.97. The van der Waals surface area contributed by atoms with Crippen LogP contribution in [0.15, 0.2) is 36.7 Å². The topological polar surface area (TPSA) is 53.5 Å². The Morgan fingerprint density at radius 2 is 1.83 bits per heavy atom. The Morgan fingerprint density at radius 1 is 1.09 bits per heavy atom. The number of allylic oxidation sites excluding steroid dienone is 2. The Kier molecular flexibility index (Phi) is 5.05. The largest absolute Gasteiger partial charge is 0.341 e. The van der Waals surface area contributed by atoms with Crippen LogP contribution in [0.1, 0.15) is 36.0 Å². The van der Waals surface area contributed by atoms with Crippen molar-refractivity contribution in [3.8, 4) is 0 Å². The molecular formula is C18H23N3O2. The number of nitrogens with zero attached hydrogens (tertiary/aromatic N) is 3. The Labute approximate surface area is 137 Å². The number of pyridine rings is 1. The van der Waals surface area contributed by atoms with E-state index in [9.17, 15) is 9.59 Å². The smallest absolute Gasteiger partial charge is 0.254 e. The molecule has 5 nitrogen and oxygen atoms in total. The third-order valence-electron chi connectivity index (χ3n) is 4.61. The summed E-state index contributed by atoms with van der Waals surface area (Å²) >= 11 is 0. The first-order valence-electron chi connectivity index (χ1n) is 8.38. The van der Waals surface area contributed by atoms with Gasteiger partial charge in [0.1, 0.15) is 0 Å². The first-order valence-corrected chi connectivity index (χ1v) is 8.38. The summed E-state index contributed by atoms with van der Waals surface area (Å²) in [4.78, 5) is 32.6. The van der Waals surface area contributed by atoms with Gasteiger partial charge in [-0.2, -0.15) is 0 Å². The van der Waals surface area contributed by atoms with Crippen LogP contribution >= 0.6 is 0 Å². The molecule has 0 saturated carbocycles. The summed E-state index contributed by atoms with van der Waals surface area (Å²) in [5, 5.41) is 0. The summed E-state index contributed by atoms with van der Waals surface area (Å²) in [6.07, 6.45) is 11.2. The number of hydrogen-bond donors (Lipinski definition) is 0. The van der Waals surface area contributed by atoms with E-state index in [2.05, 4.69) is 17.1 Å². The van der Waals surface area contributed by atoms with Crippen molar-refractivity contribution in [3.05, 3.63) is 42.2 Å². The van der Waals surface area contributed by atoms with Gasteiger partial charge in [0, 0.05) is 50.6 Å². The van der Waals surface area contributed by atoms with Crippen molar-refractivity contribution in [1.29, 1.82) is 0 Å². The number of hydrogen-bond acceptors (Lipinski definition) is 3. The van der Waals surface area contributed by atoms with Gasteiger partial charge in [0.05, 0.1) is 0 Å². The molecule has 1 saturated heterocycles. The molecule has 0 radical (unpaired) electrons. The molecule has 2 aliphatic rings. The lowest BCUT2D eigenvalue weighted by atomic mass is 10.0. The molecule has 1 aromatic rings. The Balaban J connectivity index is 1.55.